The Bertz CT molecular complexity index is 878. The number of benzene rings is 1. The number of amides is 1. The predicted octanol–water partition coefficient (Wildman–Crippen LogP) is 2.15. The SMILES string of the molecule is CS(=O)(=O)c1nnc(CCNC(=O)/C=C/c2ccc(Cl)c(Cl)c2)o1. The van der Waals surface area contributed by atoms with E-state index in [9.17, 15) is 13.2 Å². The summed E-state index contributed by atoms with van der Waals surface area (Å²) >= 11 is 11.7. The van der Waals surface area contributed by atoms with Gasteiger partial charge in [0.1, 0.15) is 0 Å². The van der Waals surface area contributed by atoms with Gasteiger partial charge in [-0.2, -0.15) is 0 Å². The summed E-state index contributed by atoms with van der Waals surface area (Å²) in [5.74, 6) is -0.201. The van der Waals surface area contributed by atoms with Gasteiger partial charge in [0, 0.05) is 25.3 Å². The number of hydrogen-bond acceptors (Lipinski definition) is 6. The molecule has 1 aromatic heterocycles. The van der Waals surface area contributed by atoms with Crippen molar-refractivity contribution in [2.45, 2.75) is 11.6 Å². The summed E-state index contributed by atoms with van der Waals surface area (Å²) < 4.78 is 27.4. The van der Waals surface area contributed by atoms with Crippen molar-refractivity contribution in [3.05, 3.63) is 45.8 Å². The average Bonchev–Trinajstić information content (AvgIpc) is 2.97. The minimum atomic E-state index is -3.53. The molecular weight excluding hydrogens is 377 g/mol. The summed E-state index contributed by atoms with van der Waals surface area (Å²) in [6, 6.07) is 5.00. The fourth-order valence-electron chi connectivity index (χ4n) is 1.63. The van der Waals surface area contributed by atoms with Crippen LogP contribution in [0.1, 0.15) is 11.5 Å². The first-order valence-electron chi connectivity index (χ1n) is 6.69. The molecule has 128 valence electrons. The van der Waals surface area contributed by atoms with Crippen molar-refractivity contribution < 1.29 is 17.6 Å². The summed E-state index contributed by atoms with van der Waals surface area (Å²) in [5.41, 5.74) is 0.731. The average molecular weight is 390 g/mol. The maximum atomic E-state index is 11.7. The largest absolute Gasteiger partial charge is 0.412 e. The van der Waals surface area contributed by atoms with Crippen molar-refractivity contribution in [1.82, 2.24) is 15.5 Å². The Morgan fingerprint density at radius 3 is 2.67 bits per heavy atom. The zero-order valence-corrected chi connectivity index (χ0v) is 14.8. The molecule has 0 aliphatic rings. The lowest BCUT2D eigenvalue weighted by Gasteiger charge is -2.00. The third-order valence-corrected chi connectivity index (χ3v) is 4.31. The van der Waals surface area contributed by atoms with E-state index in [4.69, 9.17) is 27.6 Å². The highest BCUT2D eigenvalue weighted by Gasteiger charge is 2.16. The quantitative estimate of drug-likeness (QED) is 0.759. The number of halogens is 2. The molecule has 0 atom stereocenters. The predicted molar refractivity (Wildman–Crippen MR) is 89.6 cm³/mol. The first kappa shape index (κ1) is 18.4. The van der Waals surface area contributed by atoms with E-state index in [0.29, 0.717) is 10.0 Å². The van der Waals surface area contributed by atoms with Crippen molar-refractivity contribution in [3.8, 4) is 0 Å². The first-order chi connectivity index (χ1) is 11.3. The Hall–Kier alpha value is -1.90. The third-order valence-electron chi connectivity index (χ3n) is 2.77. The molecule has 0 unspecified atom stereocenters. The lowest BCUT2D eigenvalue weighted by Crippen LogP contribution is -2.23. The Balaban J connectivity index is 1.84. The zero-order chi connectivity index (χ0) is 17.7. The van der Waals surface area contributed by atoms with Gasteiger partial charge < -0.3 is 9.73 Å². The van der Waals surface area contributed by atoms with E-state index >= 15 is 0 Å². The van der Waals surface area contributed by atoms with E-state index in [2.05, 4.69) is 15.5 Å². The summed E-state index contributed by atoms with van der Waals surface area (Å²) in [5, 5.41) is 10.0. The van der Waals surface area contributed by atoms with Gasteiger partial charge in [-0.05, 0) is 23.8 Å². The second kappa shape index (κ2) is 7.78. The van der Waals surface area contributed by atoms with E-state index in [1.807, 2.05) is 0 Å². The molecule has 0 saturated carbocycles. The van der Waals surface area contributed by atoms with Crippen LogP contribution in [-0.2, 0) is 21.1 Å². The van der Waals surface area contributed by atoms with Crippen LogP contribution in [0.2, 0.25) is 10.0 Å². The molecule has 1 aromatic carbocycles. The van der Waals surface area contributed by atoms with Gasteiger partial charge in [-0.1, -0.05) is 34.4 Å². The summed E-state index contributed by atoms with van der Waals surface area (Å²) in [7, 11) is -3.53. The maximum Gasteiger partial charge on any atom is 0.335 e. The molecule has 1 heterocycles. The van der Waals surface area contributed by atoms with Crippen molar-refractivity contribution in [3.63, 3.8) is 0 Å². The number of aromatic nitrogens is 2. The van der Waals surface area contributed by atoms with Gasteiger partial charge in [0.2, 0.25) is 21.6 Å². The van der Waals surface area contributed by atoms with E-state index in [1.54, 1.807) is 24.3 Å². The highest BCUT2D eigenvalue weighted by molar-refractivity contribution is 7.90. The number of sulfone groups is 1. The van der Waals surface area contributed by atoms with Gasteiger partial charge in [0.15, 0.2) is 0 Å². The van der Waals surface area contributed by atoms with Crippen LogP contribution in [0.3, 0.4) is 0 Å². The number of carbonyl (C=O) groups is 1. The van der Waals surface area contributed by atoms with Crippen LogP contribution in [-0.4, -0.2) is 37.3 Å². The van der Waals surface area contributed by atoms with Crippen molar-refractivity contribution >= 4 is 45.0 Å². The highest BCUT2D eigenvalue weighted by atomic mass is 35.5. The topological polar surface area (TPSA) is 102 Å². The lowest BCUT2D eigenvalue weighted by atomic mass is 10.2. The number of rotatable bonds is 6. The van der Waals surface area contributed by atoms with Crippen molar-refractivity contribution in [1.29, 1.82) is 0 Å². The summed E-state index contributed by atoms with van der Waals surface area (Å²) in [4.78, 5) is 11.7. The van der Waals surface area contributed by atoms with Crippen LogP contribution in [0, 0.1) is 0 Å². The number of nitrogens with zero attached hydrogens (tertiary/aromatic N) is 2. The highest BCUT2D eigenvalue weighted by Crippen LogP contribution is 2.23. The molecule has 0 radical (unpaired) electrons. The summed E-state index contributed by atoms with van der Waals surface area (Å²) in [6.45, 7) is 0.218. The van der Waals surface area contributed by atoms with Crippen molar-refractivity contribution in [2.24, 2.45) is 0 Å². The Kier molecular flexibility index (Phi) is 5.98. The van der Waals surface area contributed by atoms with Gasteiger partial charge in [-0.3, -0.25) is 4.79 Å². The molecule has 1 amide bonds. The number of nitrogens with one attached hydrogen (secondary N) is 1. The van der Waals surface area contributed by atoms with E-state index in [-0.39, 0.29) is 24.8 Å². The molecule has 0 spiro atoms. The fourth-order valence-corrected chi connectivity index (χ4v) is 2.37. The van der Waals surface area contributed by atoms with Gasteiger partial charge in [0.05, 0.1) is 10.0 Å². The molecule has 24 heavy (non-hydrogen) atoms. The van der Waals surface area contributed by atoms with Crippen LogP contribution in [0.25, 0.3) is 6.08 Å². The van der Waals surface area contributed by atoms with E-state index < -0.39 is 15.1 Å². The van der Waals surface area contributed by atoms with Gasteiger partial charge in [0.25, 0.3) is 0 Å². The van der Waals surface area contributed by atoms with Crippen LogP contribution < -0.4 is 5.32 Å². The number of carbonyl (C=O) groups excluding carboxylic acids is 1. The molecule has 1 N–H and O–H groups in total. The van der Waals surface area contributed by atoms with E-state index in [1.165, 1.54) is 6.08 Å². The molecule has 0 saturated heterocycles. The Morgan fingerprint density at radius 2 is 2.04 bits per heavy atom. The minimum absolute atomic E-state index is 0.129. The van der Waals surface area contributed by atoms with Crippen LogP contribution >= 0.6 is 23.2 Å². The number of hydrogen-bond donors (Lipinski definition) is 1. The van der Waals surface area contributed by atoms with E-state index in [0.717, 1.165) is 11.8 Å². The maximum absolute atomic E-state index is 11.7. The standard InChI is InChI=1S/C14H13Cl2N3O4S/c1-24(21,22)14-19-18-13(23-14)6-7-17-12(20)5-3-9-2-4-10(15)11(16)8-9/h2-5,8H,6-7H2,1H3,(H,17,20)/b5-3+. The second-order valence-electron chi connectivity index (χ2n) is 4.78. The Morgan fingerprint density at radius 1 is 1.29 bits per heavy atom. The summed E-state index contributed by atoms with van der Waals surface area (Å²) in [6.07, 6.45) is 4.12. The molecule has 0 aliphatic heterocycles. The van der Waals surface area contributed by atoms with Gasteiger partial charge >= 0.3 is 5.22 Å². The molecule has 0 fully saturated rings. The smallest absolute Gasteiger partial charge is 0.335 e. The second-order valence-corrected chi connectivity index (χ2v) is 7.49. The van der Waals surface area contributed by atoms with Gasteiger partial charge in [-0.15, -0.1) is 5.10 Å². The molecule has 2 rings (SSSR count). The third kappa shape index (κ3) is 5.33. The zero-order valence-electron chi connectivity index (χ0n) is 12.5. The molecule has 0 bridgehead atoms. The first-order valence-corrected chi connectivity index (χ1v) is 9.34. The van der Waals surface area contributed by atoms with Gasteiger partial charge in [-0.25, -0.2) is 8.42 Å². The molecule has 7 nitrogen and oxygen atoms in total. The van der Waals surface area contributed by atoms with Crippen LogP contribution in [0.5, 0.6) is 0 Å². The van der Waals surface area contributed by atoms with Crippen LogP contribution in [0.15, 0.2) is 33.9 Å². The lowest BCUT2D eigenvalue weighted by molar-refractivity contribution is -0.116. The molecule has 2 aromatic rings. The normalized spacial score (nSPS) is 11.8. The molecule has 0 aliphatic carbocycles. The molecule has 10 heteroatoms. The fraction of sp³-hybridized carbons (Fsp3) is 0.214. The molecular formula is C14H13Cl2N3O4S. The monoisotopic (exact) mass is 389 g/mol. The minimum Gasteiger partial charge on any atom is -0.412 e. The van der Waals surface area contributed by atoms with Crippen molar-refractivity contribution in [2.75, 3.05) is 12.8 Å². The Labute approximate surface area is 148 Å². The van der Waals surface area contributed by atoms with Crippen LogP contribution in [0.4, 0.5) is 0 Å².